The highest BCUT2D eigenvalue weighted by atomic mass is 19.1. The van der Waals surface area contributed by atoms with E-state index in [1.165, 1.54) is 12.1 Å². The minimum absolute atomic E-state index is 0.120. The van der Waals surface area contributed by atoms with Crippen LogP contribution in [0.4, 0.5) is 14.6 Å². The van der Waals surface area contributed by atoms with Gasteiger partial charge in [0.2, 0.25) is 0 Å². The molecular weight excluding hydrogens is 264 g/mol. The zero-order valence-electron chi connectivity index (χ0n) is 10.8. The summed E-state index contributed by atoms with van der Waals surface area (Å²) in [6.07, 6.45) is 1.03. The fourth-order valence-electron chi connectivity index (χ4n) is 1.69. The molecule has 0 saturated carbocycles. The molecule has 1 aromatic carbocycles. The number of anilines is 1. The average Bonchev–Trinajstić information content (AvgIpc) is 2.46. The highest BCUT2D eigenvalue weighted by Gasteiger charge is 2.13. The number of nitrogens with one attached hydrogen (secondary N) is 2. The molecular formula is C14H13F2N3O. The maximum absolute atomic E-state index is 13.1. The summed E-state index contributed by atoms with van der Waals surface area (Å²) >= 11 is 0. The topological polar surface area (TPSA) is 54.0 Å². The summed E-state index contributed by atoms with van der Waals surface area (Å²) in [5, 5.41) is 5.35. The zero-order valence-corrected chi connectivity index (χ0v) is 10.8. The third-order valence-corrected chi connectivity index (χ3v) is 2.70. The predicted octanol–water partition coefficient (Wildman–Crippen LogP) is 2.33. The van der Waals surface area contributed by atoms with Crippen molar-refractivity contribution in [2.45, 2.75) is 6.54 Å². The van der Waals surface area contributed by atoms with Crippen LogP contribution >= 0.6 is 0 Å². The number of carbonyl (C=O) groups excluding carboxylic acids is 1. The van der Waals surface area contributed by atoms with Crippen molar-refractivity contribution in [3.63, 3.8) is 0 Å². The molecule has 2 rings (SSSR count). The van der Waals surface area contributed by atoms with Crippen LogP contribution in [0.25, 0.3) is 0 Å². The molecule has 0 saturated heterocycles. The molecule has 4 nitrogen and oxygen atoms in total. The summed E-state index contributed by atoms with van der Waals surface area (Å²) in [5.74, 6) is -1.09. The first kappa shape index (κ1) is 13.9. The molecule has 1 heterocycles. The Hall–Kier alpha value is -2.50. The first-order valence-corrected chi connectivity index (χ1v) is 5.96. The van der Waals surface area contributed by atoms with Gasteiger partial charge in [-0.3, -0.25) is 4.79 Å². The number of carbonyl (C=O) groups is 1. The summed E-state index contributed by atoms with van der Waals surface area (Å²) < 4.78 is 25.9. The molecule has 20 heavy (non-hydrogen) atoms. The van der Waals surface area contributed by atoms with Crippen LogP contribution in [0.3, 0.4) is 0 Å². The fourth-order valence-corrected chi connectivity index (χ4v) is 1.69. The van der Waals surface area contributed by atoms with Crippen molar-refractivity contribution < 1.29 is 13.6 Å². The van der Waals surface area contributed by atoms with E-state index in [-0.39, 0.29) is 17.9 Å². The van der Waals surface area contributed by atoms with Crippen molar-refractivity contribution >= 4 is 11.7 Å². The van der Waals surface area contributed by atoms with Crippen LogP contribution in [0.5, 0.6) is 0 Å². The molecule has 2 aromatic rings. The van der Waals surface area contributed by atoms with Gasteiger partial charge in [0.15, 0.2) is 0 Å². The highest BCUT2D eigenvalue weighted by Crippen LogP contribution is 2.13. The van der Waals surface area contributed by atoms with Gasteiger partial charge in [-0.1, -0.05) is 12.1 Å². The molecule has 0 bridgehead atoms. The Balaban J connectivity index is 2.08. The molecule has 0 aliphatic carbocycles. The van der Waals surface area contributed by atoms with E-state index in [4.69, 9.17) is 0 Å². The Morgan fingerprint density at radius 1 is 1.20 bits per heavy atom. The molecule has 6 heteroatoms. The number of benzene rings is 1. The lowest BCUT2D eigenvalue weighted by molar-refractivity contribution is 0.0951. The largest absolute Gasteiger partial charge is 0.372 e. The normalized spacial score (nSPS) is 10.2. The Kier molecular flexibility index (Phi) is 4.24. The standard InChI is InChI=1S/C14H13F2N3O/c1-17-13-12(6-11(16)8-18-13)14(20)19-7-9-2-4-10(15)5-3-9/h2-6,8H,7H2,1H3,(H,17,18)(H,19,20). The van der Waals surface area contributed by atoms with Gasteiger partial charge < -0.3 is 10.6 Å². The van der Waals surface area contributed by atoms with Crippen molar-refractivity contribution in [2.24, 2.45) is 0 Å². The molecule has 2 N–H and O–H groups in total. The molecule has 0 unspecified atom stereocenters. The van der Waals surface area contributed by atoms with Crippen molar-refractivity contribution in [1.29, 1.82) is 0 Å². The maximum Gasteiger partial charge on any atom is 0.255 e. The second kappa shape index (κ2) is 6.10. The summed E-state index contributed by atoms with van der Waals surface area (Å²) in [4.78, 5) is 15.8. The van der Waals surface area contributed by atoms with Crippen LogP contribution in [0.1, 0.15) is 15.9 Å². The second-order valence-electron chi connectivity index (χ2n) is 4.11. The van der Waals surface area contributed by atoms with Crippen LogP contribution < -0.4 is 10.6 Å². The first-order valence-electron chi connectivity index (χ1n) is 5.96. The molecule has 0 aliphatic heterocycles. The number of amides is 1. The van der Waals surface area contributed by atoms with Crippen LogP contribution in [-0.4, -0.2) is 17.9 Å². The Bertz CT molecular complexity index is 614. The summed E-state index contributed by atoms with van der Waals surface area (Å²) in [6.45, 7) is 0.221. The van der Waals surface area contributed by atoms with Crippen LogP contribution in [0.2, 0.25) is 0 Å². The summed E-state index contributed by atoms with van der Waals surface area (Å²) in [7, 11) is 1.59. The number of rotatable bonds is 4. The van der Waals surface area contributed by atoms with E-state index in [0.29, 0.717) is 5.82 Å². The Morgan fingerprint density at radius 2 is 1.90 bits per heavy atom. The predicted molar refractivity (Wildman–Crippen MR) is 71.3 cm³/mol. The number of aromatic nitrogens is 1. The van der Waals surface area contributed by atoms with E-state index >= 15 is 0 Å². The zero-order chi connectivity index (χ0) is 14.5. The molecule has 0 atom stereocenters. The van der Waals surface area contributed by atoms with Gasteiger partial charge in [-0.25, -0.2) is 13.8 Å². The second-order valence-corrected chi connectivity index (χ2v) is 4.11. The number of hydrogen-bond donors (Lipinski definition) is 2. The van der Waals surface area contributed by atoms with Crippen LogP contribution in [0, 0.1) is 11.6 Å². The van der Waals surface area contributed by atoms with Gasteiger partial charge in [0, 0.05) is 13.6 Å². The molecule has 104 valence electrons. The van der Waals surface area contributed by atoms with E-state index in [1.54, 1.807) is 19.2 Å². The number of pyridine rings is 1. The van der Waals surface area contributed by atoms with Gasteiger partial charge in [-0.05, 0) is 23.8 Å². The lowest BCUT2D eigenvalue weighted by Gasteiger charge is -2.09. The first-order chi connectivity index (χ1) is 9.60. The lowest BCUT2D eigenvalue weighted by atomic mass is 10.2. The van der Waals surface area contributed by atoms with Crippen molar-refractivity contribution in [2.75, 3.05) is 12.4 Å². The molecule has 0 spiro atoms. The monoisotopic (exact) mass is 277 g/mol. The van der Waals surface area contributed by atoms with Gasteiger partial charge in [0.25, 0.3) is 5.91 Å². The summed E-state index contributed by atoms with van der Waals surface area (Å²) in [5.41, 5.74) is 0.865. The Labute approximate surface area is 114 Å². The van der Waals surface area contributed by atoms with Gasteiger partial charge >= 0.3 is 0 Å². The number of halogens is 2. The minimum atomic E-state index is -0.587. The lowest BCUT2D eigenvalue weighted by Crippen LogP contribution is -2.24. The number of nitrogens with zero attached hydrogens (tertiary/aromatic N) is 1. The molecule has 1 aromatic heterocycles. The fraction of sp³-hybridized carbons (Fsp3) is 0.143. The van der Waals surface area contributed by atoms with Gasteiger partial charge in [-0.15, -0.1) is 0 Å². The molecule has 0 radical (unpaired) electrons. The minimum Gasteiger partial charge on any atom is -0.372 e. The summed E-state index contributed by atoms with van der Waals surface area (Å²) in [6, 6.07) is 6.87. The van der Waals surface area contributed by atoms with E-state index in [2.05, 4.69) is 15.6 Å². The Morgan fingerprint density at radius 3 is 2.55 bits per heavy atom. The van der Waals surface area contributed by atoms with Gasteiger partial charge in [-0.2, -0.15) is 0 Å². The van der Waals surface area contributed by atoms with Crippen molar-refractivity contribution in [3.05, 3.63) is 59.3 Å². The average molecular weight is 277 g/mol. The van der Waals surface area contributed by atoms with Gasteiger partial charge in [0.1, 0.15) is 17.5 Å². The van der Waals surface area contributed by atoms with E-state index in [1.807, 2.05) is 0 Å². The maximum atomic E-state index is 13.1. The van der Waals surface area contributed by atoms with Crippen molar-refractivity contribution in [1.82, 2.24) is 10.3 Å². The quantitative estimate of drug-likeness (QED) is 0.902. The van der Waals surface area contributed by atoms with Crippen LogP contribution in [-0.2, 0) is 6.54 Å². The molecule has 0 aliphatic rings. The third-order valence-electron chi connectivity index (χ3n) is 2.70. The SMILES string of the molecule is CNc1ncc(F)cc1C(=O)NCc1ccc(F)cc1. The van der Waals surface area contributed by atoms with Gasteiger partial charge in [0.05, 0.1) is 11.8 Å². The molecule has 0 fully saturated rings. The third kappa shape index (κ3) is 3.28. The highest BCUT2D eigenvalue weighted by molar-refractivity contribution is 5.98. The van der Waals surface area contributed by atoms with Crippen molar-refractivity contribution in [3.8, 4) is 0 Å². The number of hydrogen-bond acceptors (Lipinski definition) is 3. The smallest absolute Gasteiger partial charge is 0.255 e. The van der Waals surface area contributed by atoms with E-state index in [0.717, 1.165) is 17.8 Å². The van der Waals surface area contributed by atoms with E-state index < -0.39 is 11.7 Å². The van der Waals surface area contributed by atoms with E-state index in [9.17, 15) is 13.6 Å². The molecule has 1 amide bonds. The van der Waals surface area contributed by atoms with Crippen LogP contribution in [0.15, 0.2) is 36.5 Å².